The number of nitrogens with two attached hydrogens (primary N) is 1. The van der Waals surface area contributed by atoms with Gasteiger partial charge in [-0.1, -0.05) is 0 Å². The van der Waals surface area contributed by atoms with Gasteiger partial charge in [0.25, 0.3) is 0 Å². The maximum absolute atomic E-state index is 12.0. The van der Waals surface area contributed by atoms with Crippen molar-refractivity contribution in [3.8, 4) is 0 Å². The topological polar surface area (TPSA) is 58.4 Å². The monoisotopic (exact) mass is 281 g/mol. The summed E-state index contributed by atoms with van der Waals surface area (Å²) in [5.41, 5.74) is 5.91. The molecule has 1 aliphatic carbocycles. The summed E-state index contributed by atoms with van der Waals surface area (Å²) >= 11 is 0. The molecule has 1 heterocycles. The lowest BCUT2D eigenvalue weighted by atomic mass is 9.84. The normalized spacial score (nSPS) is 29.3. The number of hydrogen-bond acceptors (Lipinski definition) is 3. The molecular formula is C16H31N3O. The fourth-order valence-corrected chi connectivity index (χ4v) is 3.56. The van der Waals surface area contributed by atoms with Crippen LogP contribution in [-0.2, 0) is 4.79 Å². The zero-order valence-electron chi connectivity index (χ0n) is 12.9. The first-order valence-electron chi connectivity index (χ1n) is 8.41. The van der Waals surface area contributed by atoms with E-state index in [0.29, 0.717) is 12.5 Å². The third kappa shape index (κ3) is 5.41. The Bertz CT molecular complexity index is 294. The molecule has 1 unspecified atom stereocenters. The first-order chi connectivity index (χ1) is 9.63. The molecule has 2 aliphatic rings. The molecule has 116 valence electrons. The van der Waals surface area contributed by atoms with Gasteiger partial charge in [-0.05, 0) is 70.9 Å². The highest BCUT2D eigenvalue weighted by Crippen LogP contribution is 2.26. The number of carbonyl (C=O) groups is 1. The number of likely N-dealkylation sites (tertiary alicyclic amines) is 1. The van der Waals surface area contributed by atoms with E-state index >= 15 is 0 Å². The minimum Gasteiger partial charge on any atom is -0.352 e. The van der Waals surface area contributed by atoms with Gasteiger partial charge in [-0.2, -0.15) is 0 Å². The van der Waals surface area contributed by atoms with E-state index in [1.165, 1.54) is 38.8 Å². The Morgan fingerprint density at radius 1 is 1.25 bits per heavy atom. The first kappa shape index (κ1) is 15.8. The van der Waals surface area contributed by atoms with E-state index in [9.17, 15) is 4.79 Å². The second-order valence-electron chi connectivity index (χ2n) is 6.80. The second kappa shape index (κ2) is 7.99. The van der Waals surface area contributed by atoms with Crippen molar-refractivity contribution in [2.45, 2.75) is 70.4 Å². The third-order valence-electron chi connectivity index (χ3n) is 4.81. The van der Waals surface area contributed by atoms with Crippen LogP contribution in [0.1, 0.15) is 58.3 Å². The molecule has 0 radical (unpaired) electrons. The van der Waals surface area contributed by atoms with Gasteiger partial charge in [-0.15, -0.1) is 0 Å². The van der Waals surface area contributed by atoms with Gasteiger partial charge in [0.2, 0.25) is 5.91 Å². The van der Waals surface area contributed by atoms with Crippen LogP contribution in [0.15, 0.2) is 0 Å². The van der Waals surface area contributed by atoms with E-state index in [2.05, 4.69) is 17.1 Å². The predicted molar refractivity (Wildman–Crippen MR) is 82.4 cm³/mol. The van der Waals surface area contributed by atoms with E-state index in [-0.39, 0.29) is 11.9 Å². The van der Waals surface area contributed by atoms with Crippen molar-refractivity contribution < 1.29 is 4.79 Å². The summed E-state index contributed by atoms with van der Waals surface area (Å²) in [5, 5.41) is 3.15. The summed E-state index contributed by atoms with van der Waals surface area (Å²) in [6.07, 6.45) is 9.03. The Morgan fingerprint density at radius 3 is 2.55 bits per heavy atom. The maximum Gasteiger partial charge on any atom is 0.220 e. The molecule has 1 atom stereocenters. The molecule has 0 aromatic carbocycles. The minimum atomic E-state index is 0.228. The molecule has 4 nitrogen and oxygen atoms in total. The Morgan fingerprint density at radius 2 is 1.90 bits per heavy atom. The number of nitrogens with one attached hydrogen (secondary N) is 1. The Balaban J connectivity index is 1.57. The highest BCUT2D eigenvalue weighted by atomic mass is 16.1. The molecule has 20 heavy (non-hydrogen) atoms. The summed E-state index contributed by atoms with van der Waals surface area (Å²) in [4.78, 5) is 14.4. The molecule has 1 amide bonds. The molecule has 2 rings (SSSR count). The van der Waals surface area contributed by atoms with Gasteiger partial charge in [0, 0.05) is 25.0 Å². The predicted octanol–water partition coefficient (Wildman–Crippen LogP) is 1.88. The fourth-order valence-electron chi connectivity index (χ4n) is 3.56. The van der Waals surface area contributed by atoms with E-state index in [0.717, 1.165) is 31.7 Å². The van der Waals surface area contributed by atoms with Crippen LogP contribution >= 0.6 is 0 Å². The van der Waals surface area contributed by atoms with Gasteiger partial charge in [-0.3, -0.25) is 4.79 Å². The largest absolute Gasteiger partial charge is 0.352 e. The molecule has 1 aliphatic heterocycles. The number of nitrogens with zero attached hydrogens (tertiary/aromatic N) is 1. The van der Waals surface area contributed by atoms with Gasteiger partial charge < -0.3 is 16.0 Å². The van der Waals surface area contributed by atoms with Crippen molar-refractivity contribution in [1.29, 1.82) is 0 Å². The minimum absolute atomic E-state index is 0.228. The molecule has 0 bridgehead atoms. The highest BCUT2D eigenvalue weighted by Gasteiger charge is 2.20. The van der Waals surface area contributed by atoms with Crippen LogP contribution in [0.25, 0.3) is 0 Å². The van der Waals surface area contributed by atoms with Crippen molar-refractivity contribution in [2.24, 2.45) is 11.7 Å². The van der Waals surface area contributed by atoms with Crippen LogP contribution in [0, 0.1) is 5.92 Å². The van der Waals surface area contributed by atoms with Crippen LogP contribution in [0.2, 0.25) is 0 Å². The van der Waals surface area contributed by atoms with E-state index in [4.69, 9.17) is 5.73 Å². The van der Waals surface area contributed by atoms with E-state index in [1.54, 1.807) is 0 Å². The Hall–Kier alpha value is -0.610. The molecule has 1 saturated heterocycles. The molecule has 1 saturated carbocycles. The average Bonchev–Trinajstić information content (AvgIpc) is 2.90. The molecule has 0 aromatic heterocycles. The molecule has 4 heteroatoms. The Kier molecular flexibility index (Phi) is 6.30. The molecular weight excluding hydrogens is 250 g/mol. The summed E-state index contributed by atoms with van der Waals surface area (Å²) in [6, 6.07) is 0.681. The van der Waals surface area contributed by atoms with E-state index < -0.39 is 0 Å². The number of amides is 1. The van der Waals surface area contributed by atoms with Gasteiger partial charge in [0.05, 0.1) is 0 Å². The van der Waals surface area contributed by atoms with Crippen LogP contribution in [0.3, 0.4) is 0 Å². The highest BCUT2D eigenvalue weighted by molar-refractivity contribution is 5.76. The molecule has 0 spiro atoms. The van der Waals surface area contributed by atoms with Crippen LogP contribution in [0.5, 0.6) is 0 Å². The standard InChI is InChI=1S/C16H31N3O/c1-13(12-19-10-2-3-11-19)18-16(20)9-6-14-4-7-15(17)8-5-14/h13-15H,2-12,17H2,1H3,(H,18,20). The number of hydrogen-bond donors (Lipinski definition) is 2. The lowest BCUT2D eigenvalue weighted by molar-refractivity contribution is -0.122. The summed E-state index contributed by atoms with van der Waals surface area (Å²) in [6.45, 7) is 5.52. The number of carbonyl (C=O) groups excluding carboxylic acids is 1. The second-order valence-corrected chi connectivity index (χ2v) is 6.80. The Labute approximate surface area is 123 Å². The van der Waals surface area contributed by atoms with Crippen molar-refractivity contribution in [1.82, 2.24) is 10.2 Å². The summed E-state index contributed by atoms with van der Waals surface area (Å²) in [7, 11) is 0. The fraction of sp³-hybridized carbons (Fsp3) is 0.938. The first-order valence-corrected chi connectivity index (χ1v) is 8.41. The van der Waals surface area contributed by atoms with Crippen LogP contribution in [-0.4, -0.2) is 42.5 Å². The zero-order chi connectivity index (χ0) is 14.4. The van der Waals surface area contributed by atoms with E-state index in [1.807, 2.05) is 0 Å². The molecule has 3 N–H and O–H groups in total. The average molecular weight is 281 g/mol. The van der Waals surface area contributed by atoms with Gasteiger partial charge in [0.1, 0.15) is 0 Å². The maximum atomic E-state index is 12.0. The SMILES string of the molecule is CC(CN1CCCC1)NC(=O)CCC1CCC(N)CC1. The summed E-state index contributed by atoms with van der Waals surface area (Å²) in [5.74, 6) is 0.945. The van der Waals surface area contributed by atoms with Crippen molar-refractivity contribution in [3.05, 3.63) is 0 Å². The quantitative estimate of drug-likeness (QED) is 0.781. The van der Waals surface area contributed by atoms with Crippen molar-refractivity contribution in [3.63, 3.8) is 0 Å². The number of rotatable bonds is 6. The lowest BCUT2D eigenvalue weighted by Gasteiger charge is -2.26. The van der Waals surface area contributed by atoms with Crippen molar-refractivity contribution in [2.75, 3.05) is 19.6 Å². The zero-order valence-corrected chi connectivity index (χ0v) is 12.9. The van der Waals surface area contributed by atoms with Gasteiger partial charge in [0.15, 0.2) is 0 Å². The van der Waals surface area contributed by atoms with Crippen LogP contribution in [0.4, 0.5) is 0 Å². The van der Waals surface area contributed by atoms with Gasteiger partial charge >= 0.3 is 0 Å². The molecule has 2 fully saturated rings. The smallest absolute Gasteiger partial charge is 0.220 e. The summed E-state index contributed by atoms with van der Waals surface area (Å²) < 4.78 is 0. The van der Waals surface area contributed by atoms with Gasteiger partial charge in [-0.25, -0.2) is 0 Å². The molecule has 0 aromatic rings. The van der Waals surface area contributed by atoms with Crippen LogP contribution < -0.4 is 11.1 Å². The third-order valence-corrected chi connectivity index (χ3v) is 4.81. The lowest BCUT2D eigenvalue weighted by Crippen LogP contribution is -2.41. The van der Waals surface area contributed by atoms with Crippen molar-refractivity contribution >= 4 is 5.91 Å².